The van der Waals surface area contributed by atoms with Crippen LogP contribution in [-0.2, 0) is 4.74 Å². The minimum Gasteiger partial charge on any atom is -0.378 e. The molecule has 182 valence electrons. The maximum Gasteiger partial charge on any atom is 0.317 e. The minimum atomic E-state index is -0.597. The van der Waals surface area contributed by atoms with Crippen LogP contribution in [0.2, 0.25) is 5.02 Å². The molecule has 1 aliphatic carbocycles. The van der Waals surface area contributed by atoms with E-state index < -0.39 is 5.82 Å². The van der Waals surface area contributed by atoms with Gasteiger partial charge in [0.1, 0.15) is 11.7 Å². The molecule has 1 saturated heterocycles. The van der Waals surface area contributed by atoms with E-state index in [2.05, 4.69) is 25.6 Å². The Morgan fingerprint density at radius 1 is 1.29 bits per heavy atom. The Balaban J connectivity index is 1.35. The fourth-order valence-electron chi connectivity index (χ4n) is 4.73. The highest BCUT2D eigenvalue weighted by molar-refractivity contribution is 6.31. The van der Waals surface area contributed by atoms with Gasteiger partial charge in [0.15, 0.2) is 11.6 Å². The Kier molecular flexibility index (Phi) is 6.70. The smallest absolute Gasteiger partial charge is 0.317 e. The number of pyridine rings is 2. The molecule has 1 saturated carbocycles. The summed E-state index contributed by atoms with van der Waals surface area (Å²) in [4.78, 5) is 26.1. The third kappa shape index (κ3) is 5.01. The predicted octanol–water partition coefficient (Wildman–Crippen LogP) is 4.05. The van der Waals surface area contributed by atoms with Gasteiger partial charge < -0.3 is 25.3 Å². The summed E-state index contributed by atoms with van der Waals surface area (Å²) in [6, 6.07) is 4.80. The molecule has 2 atom stereocenters. The number of ether oxygens (including phenoxy) is 1. The maximum atomic E-state index is 14.9. The van der Waals surface area contributed by atoms with Crippen molar-refractivity contribution < 1.29 is 13.9 Å². The van der Waals surface area contributed by atoms with Crippen LogP contribution < -0.4 is 10.6 Å². The van der Waals surface area contributed by atoms with E-state index in [4.69, 9.17) is 16.3 Å². The van der Waals surface area contributed by atoms with Crippen molar-refractivity contribution in [2.24, 2.45) is 0 Å². The fraction of sp³-hybridized carbons (Fsp3) is 0.417. The largest absolute Gasteiger partial charge is 0.378 e. The van der Waals surface area contributed by atoms with E-state index in [1.807, 2.05) is 6.07 Å². The number of nitrogens with one attached hydrogen (secondary N) is 3. The topological polar surface area (TPSA) is 119 Å². The van der Waals surface area contributed by atoms with Gasteiger partial charge in [-0.1, -0.05) is 11.6 Å². The summed E-state index contributed by atoms with van der Waals surface area (Å²) in [6.45, 7) is 2.26. The Labute approximate surface area is 206 Å². The fourth-order valence-corrected chi connectivity index (χ4v) is 4.89. The minimum absolute atomic E-state index is 0.0145. The molecular formula is C24H25ClFN7O2. The molecule has 3 aromatic heterocycles. The quantitative estimate of drug-likeness (QED) is 0.500. The molecule has 2 aliphatic rings. The molecule has 0 radical (unpaired) electrons. The van der Waals surface area contributed by atoms with E-state index in [9.17, 15) is 14.4 Å². The summed E-state index contributed by atoms with van der Waals surface area (Å²) >= 11 is 6.12. The molecule has 3 aromatic rings. The number of morpholine rings is 1. The summed E-state index contributed by atoms with van der Waals surface area (Å²) < 4.78 is 20.2. The highest BCUT2D eigenvalue weighted by atomic mass is 35.5. The zero-order chi connectivity index (χ0) is 24.4. The molecule has 2 unspecified atom stereocenters. The number of H-pyrrole nitrogens is 1. The van der Waals surface area contributed by atoms with Gasteiger partial charge in [-0.15, -0.1) is 0 Å². The number of carbonyl (C=O) groups excluding carboxylic acids is 1. The van der Waals surface area contributed by atoms with Gasteiger partial charge in [0.05, 0.1) is 29.5 Å². The Morgan fingerprint density at radius 3 is 2.89 bits per heavy atom. The first kappa shape index (κ1) is 23.3. The summed E-state index contributed by atoms with van der Waals surface area (Å²) in [7, 11) is 0. The standard InChI is InChI=1S/C24H25ClFN7O2/c25-15-9-18-19(13-29-22(18)28-12-15)21-14(11-27)8-20(26)23(32-21)30-16-2-1-3-17(10-16)31-24(34)33-4-6-35-7-5-33/h8-9,12-13,16-17H,1-7,10H2,(H,28,29)(H,30,32)(H,31,34). The molecule has 5 rings (SSSR count). The number of nitrogens with zero attached hydrogens (tertiary/aromatic N) is 4. The van der Waals surface area contributed by atoms with E-state index in [1.54, 1.807) is 17.2 Å². The molecule has 2 amide bonds. The molecule has 9 nitrogen and oxygen atoms in total. The molecule has 11 heteroatoms. The molecule has 0 spiro atoms. The highest BCUT2D eigenvalue weighted by Gasteiger charge is 2.27. The van der Waals surface area contributed by atoms with E-state index in [-0.39, 0.29) is 29.5 Å². The van der Waals surface area contributed by atoms with Gasteiger partial charge in [-0.2, -0.15) is 5.26 Å². The number of hydrogen-bond donors (Lipinski definition) is 3. The Hall–Kier alpha value is -3.42. The lowest BCUT2D eigenvalue weighted by Gasteiger charge is -2.33. The number of rotatable bonds is 4. The molecule has 4 heterocycles. The Bertz CT molecular complexity index is 1280. The normalized spacial score (nSPS) is 20.4. The van der Waals surface area contributed by atoms with Gasteiger partial charge in [0.25, 0.3) is 0 Å². The van der Waals surface area contributed by atoms with Crippen LogP contribution in [0.5, 0.6) is 0 Å². The van der Waals surface area contributed by atoms with Gasteiger partial charge in [0.2, 0.25) is 0 Å². The summed E-state index contributed by atoms with van der Waals surface area (Å²) in [5.41, 5.74) is 1.68. The van der Waals surface area contributed by atoms with Crippen molar-refractivity contribution in [2.45, 2.75) is 37.8 Å². The summed E-state index contributed by atoms with van der Waals surface area (Å²) in [5.74, 6) is -0.519. The van der Waals surface area contributed by atoms with Crippen molar-refractivity contribution in [3.63, 3.8) is 0 Å². The van der Waals surface area contributed by atoms with Crippen LogP contribution in [0.3, 0.4) is 0 Å². The van der Waals surface area contributed by atoms with Crippen molar-refractivity contribution in [3.05, 3.63) is 40.9 Å². The molecule has 0 bridgehead atoms. The average molecular weight is 498 g/mol. The van der Waals surface area contributed by atoms with Crippen LogP contribution in [0.1, 0.15) is 31.2 Å². The van der Waals surface area contributed by atoms with E-state index in [0.29, 0.717) is 60.0 Å². The van der Waals surface area contributed by atoms with Gasteiger partial charge in [0, 0.05) is 48.5 Å². The number of carbonyl (C=O) groups is 1. The number of anilines is 1. The zero-order valence-electron chi connectivity index (χ0n) is 19.0. The first-order valence-corrected chi connectivity index (χ1v) is 12.0. The van der Waals surface area contributed by atoms with Crippen LogP contribution in [0.15, 0.2) is 24.5 Å². The number of urea groups is 1. The second-order valence-electron chi connectivity index (χ2n) is 8.83. The lowest BCUT2D eigenvalue weighted by Crippen LogP contribution is -2.51. The van der Waals surface area contributed by atoms with Crippen LogP contribution in [-0.4, -0.2) is 64.3 Å². The number of aromatic nitrogens is 3. The first-order valence-electron chi connectivity index (χ1n) is 11.6. The zero-order valence-corrected chi connectivity index (χ0v) is 19.7. The molecule has 0 aromatic carbocycles. The molecule has 1 aliphatic heterocycles. The third-order valence-electron chi connectivity index (χ3n) is 6.49. The van der Waals surface area contributed by atoms with Gasteiger partial charge >= 0.3 is 6.03 Å². The lowest BCUT2D eigenvalue weighted by atomic mass is 9.91. The number of aromatic amines is 1. The molecular weight excluding hydrogens is 473 g/mol. The SMILES string of the molecule is N#Cc1cc(F)c(NC2CCCC(NC(=O)N3CCOCC3)C2)nc1-c1c[nH]c2ncc(Cl)cc12. The number of fused-ring (bicyclic) bond motifs is 1. The molecule has 35 heavy (non-hydrogen) atoms. The molecule has 2 fully saturated rings. The third-order valence-corrected chi connectivity index (χ3v) is 6.70. The number of nitriles is 1. The van der Waals surface area contributed by atoms with Gasteiger partial charge in [-0.3, -0.25) is 0 Å². The van der Waals surface area contributed by atoms with Crippen molar-refractivity contribution in [1.29, 1.82) is 5.26 Å². The van der Waals surface area contributed by atoms with Crippen LogP contribution >= 0.6 is 11.6 Å². The number of hydrogen-bond acceptors (Lipinski definition) is 6. The summed E-state index contributed by atoms with van der Waals surface area (Å²) in [5, 5.41) is 17.1. The van der Waals surface area contributed by atoms with Gasteiger partial charge in [-0.25, -0.2) is 19.2 Å². The number of amides is 2. The van der Waals surface area contributed by atoms with Crippen molar-refractivity contribution >= 4 is 34.5 Å². The van der Waals surface area contributed by atoms with Crippen molar-refractivity contribution in [3.8, 4) is 17.3 Å². The lowest BCUT2D eigenvalue weighted by molar-refractivity contribution is 0.0521. The highest BCUT2D eigenvalue weighted by Crippen LogP contribution is 2.33. The van der Waals surface area contributed by atoms with E-state index >= 15 is 0 Å². The second kappa shape index (κ2) is 10.1. The monoisotopic (exact) mass is 497 g/mol. The van der Waals surface area contributed by atoms with Crippen LogP contribution in [0.4, 0.5) is 15.0 Å². The first-order chi connectivity index (χ1) is 17.0. The van der Waals surface area contributed by atoms with Gasteiger partial charge in [-0.05, 0) is 37.8 Å². The van der Waals surface area contributed by atoms with E-state index in [1.165, 1.54) is 12.3 Å². The summed E-state index contributed by atoms with van der Waals surface area (Å²) in [6.07, 6.45) is 6.45. The predicted molar refractivity (Wildman–Crippen MR) is 130 cm³/mol. The van der Waals surface area contributed by atoms with Crippen LogP contribution in [0, 0.1) is 17.1 Å². The van der Waals surface area contributed by atoms with Crippen LogP contribution in [0.25, 0.3) is 22.3 Å². The van der Waals surface area contributed by atoms with Crippen molar-refractivity contribution in [2.75, 3.05) is 31.6 Å². The van der Waals surface area contributed by atoms with Crippen molar-refractivity contribution in [1.82, 2.24) is 25.2 Å². The maximum absolute atomic E-state index is 14.9. The second-order valence-corrected chi connectivity index (χ2v) is 9.27. The average Bonchev–Trinajstić information content (AvgIpc) is 3.28. The Morgan fingerprint density at radius 2 is 2.09 bits per heavy atom. The number of halogens is 2. The molecule has 3 N–H and O–H groups in total. The van der Waals surface area contributed by atoms with E-state index in [0.717, 1.165) is 19.3 Å².